The number of fused-ring (bicyclic) bond motifs is 1. The molecule has 1 amide bonds. The highest BCUT2D eigenvalue weighted by Crippen LogP contribution is 2.32. The molecule has 25 heavy (non-hydrogen) atoms. The van der Waals surface area contributed by atoms with Crippen LogP contribution in [0.5, 0.6) is 0 Å². The van der Waals surface area contributed by atoms with E-state index in [2.05, 4.69) is 20.8 Å². The van der Waals surface area contributed by atoms with Gasteiger partial charge in [-0.2, -0.15) is 13.2 Å². The first-order valence-corrected chi connectivity index (χ1v) is 7.44. The van der Waals surface area contributed by atoms with Crippen molar-refractivity contribution in [2.24, 2.45) is 0 Å². The number of halogens is 5. The number of amides is 1. The molecule has 0 aliphatic carbocycles. The van der Waals surface area contributed by atoms with Crippen LogP contribution in [-0.4, -0.2) is 20.3 Å². The van der Waals surface area contributed by atoms with Crippen molar-refractivity contribution in [3.63, 3.8) is 0 Å². The van der Waals surface area contributed by atoms with Crippen LogP contribution in [0.4, 0.5) is 19.0 Å². The SMILES string of the molecule is O=C(NNc1cccc(Cl)n1)c1cn2cc(C(F)(F)F)cc(Cl)c2n1. The average Bonchev–Trinajstić information content (AvgIpc) is 2.97. The van der Waals surface area contributed by atoms with Crippen LogP contribution in [-0.2, 0) is 6.18 Å². The molecule has 0 bridgehead atoms. The van der Waals surface area contributed by atoms with Crippen molar-refractivity contribution in [1.29, 1.82) is 0 Å². The maximum atomic E-state index is 12.8. The van der Waals surface area contributed by atoms with Gasteiger partial charge in [-0.3, -0.25) is 15.6 Å². The third kappa shape index (κ3) is 3.77. The fourth-order valence-electron chi connectivity index (χ4n) is 1.98. The molecule has 6 nitrogen and oxygen atoms in total. The Balaban J connectivity index is 1.83. The summed E-state index contributed by atoms with van der Waals surface area (Å²) < 4.78 is 39.4. The van der Waals surface area contributed by atoms with Crippen molar-refractivity contribution in [2.75, 3.05) is 5.43 Å². The molecule has 0 spiro atoms. The molecule has 0 aliphatic heterocycles. The number of alkyl halides is 3. The molecule has 0 saturated heterocycles. The van der Waals surface area contributed by atoms with E-state index >= 15 is 0 Å². The first-order chi connectivity index (χ1) is 11.7. The number of hydrogen-bond acceptors (Lipinski definition) is 4. The largest absolute Gasteiger partial charge is 0.417 e. The van der Waals surface area contributed by atoms with Crippen molar-refractivity contribution in [3.05, 3.63) is 58.1 Å². The fraction of sp³-hybridized carbons (Fsp3) is 0.0714. The number of nitrogens with zero attached hydrogens (tertiary/aromatic N) is 3. The van der Waals surface area contributed by atoms with E-state index in [-0.39, 0.29) is 27.3 Å². The topological polar surface area (TPSA) is 71.3 Å². The smallest absolute Gasteiger partial charge is 0.304 e. The second kappa shape index (κ2) is 6.41. The lowest BCUT2D eigenvalue weighted by Crippen LogP contribution is -2.30. The van der Waals surface area contributed by atoms with Crippen molar-refractivity contribution < 1.29 is 18.0 Å². The van der Waals surface area contributed by atoms with Gasteiger partial charge in [0.25, 0.3) is 5.91 Å². The van der Waals surface area contributed by atoms with Gasteiger partial charge in [0.2, 0.25) is 0 Å². The molecule has 0 saturated carbocycles. The van der Waals surface area contributed by atoms with E-state index in [9.17, 15) is 18.0 Å². The minimum absolute atomic E-state index is 0.0284. The zero-order valence-corrected chi connectivity index (χ0v) is 13.6. The molecule has 3 aromatic heterocycles. The Bertz CT molecular complexity index is 957. The highest BCUT2D eigenvalue weighted by molar-refractivity contribution is 6.33. The molecule has 0 aromatic carbocycles. The Hall–Kier alpha value is -2.52. The number of carbonyl (C=O) groups is 1. The number of imidazole rings is 1. The minimum Gasteiger partial charge on any atom is -0.304 e. The maximum Gasteiger partial charge on any atom is 0.417 e. The molecule has 0 unspecified atom stereocenters. The summed E-state index contributed by atoms with van der Waals surface area (Å²) in [6.45, 7) is 0. The lowest BCUT2D eigenvalue weighted by molar-refractivity contribution is -0.137. The molecule has 0 aliphatic rings. The van der Waals surface area contributed by atoms with Crippen molar-refractivity contribution >= 4 is 40.6 Å². The van der Waals surface area contributed by atoms with Gasteiger partial charge in [0.05, 0.1) is 10.6 Å². The Morgan fingerprint density at radius 1 is 1.16 bits per heavy atom. The molecule has 11 heteroatoms. The van der Waals surface area contributed by atoms with Gasteiger partial charge in [-0.1, -0.05) is 29.3 Å². The molecule has 3 aromatic rings. The number of hydrazine groups is 1. The Morgan fingerprint density at radius 2 is 1.92 bits per heavy atom. The van der Waals surface area contributed by atoms with Gasteiger partial charge in [0.15, 0.2) is 5.65 Å². The van der Waals surface area contributed by atoms with Crippen LogP contribution in [0.3, 0.4) is 0 Å². The highest BCUT2D eigenvalue weighted by Gasteiger charge is 2.32. The standard InChI is InChI=1S/C14H8Cl2F3N5O/c15-8-4-7(14(17,18)19)5-24-6-9(20-12(8)24)13(25)23-22-11-3-1-2-10(16)21-11/h1-6H,(H,21,22)(H,23,25). The molecular weight excluding hydrogens is 382 g/mol. The van der Waals surface area contributed by atoms with Gasteiger partial charge < -0.3 is 4.40 Å². The van der Waals surface area contributed by atoms with E-state index in [0.29, 0.717) is 0 Å². The van der Waals surface area contributed by atoms with E-state index in [0.717, 1.165) is 22.9 Å². The van der Waals surface area contributed by atoms with Crippen LogP contribution in [0, 0.1) is 0 Å². The summed E-state index contributed by atoms with van der Waals surface area (Å²) in [5.41, 5.74) is 3.79. The number of pyridine rings is 2. The molecule has 0 fully saturated rings. The van der Waals surface area contributed by atoms with E-state index in [4.69, 9.17) is 23.2 Å². The van der Waals surface area contributed by atoms with E-state index in [1.807, 2.05) is 0 Å². The summed E-state index contributed by atoms with van der Waals surface area (Å²) in [6.07, 6.45) is -2.62. The van der Waals surface area contributed by atoms with E-state index < -0.39 is 17.6 Å². The number of carbonyl (C=O) groups excluding carboxylic acids is 1. The zero-order valence-electron chi connectivity index (χ0n) is 12.1. The van der Waals surface area contributed by atoms with Gasteiger partial charge in [-0.25, -0.2) is 9.97 Å². The third-order valence-corrected chi connectivity index (χ3v) is 3.57. The monoisotopic (exact) mass is 389 g/mol. The van der Waals surface area contributed by atoms with Crippen LogP contribution in [0.1, 0.15) is 16.1 Å². The average molecular weight is 390 g/mol. The second-order valence-electron chi connectivity index (χ2n) is 4.86. The van der Waals surface area contributed by atoms with Gasteiger partial charge in [-0.15, -0.1) is 0 Å². The molecule has 3 heterocycles. The van der Waals surface area contributed by atoms with Crippen LogP contribution in [0.2, 0.25) is 10.2 Å². The van der Waals surface area contributed by atoms with Crippen molar-refractivity contribution in [3.8, 4) is 0 Å². The van der Waals surface area contributed by atoms with E-state index in [1.165, 1.54) is 0 Å². The number of rotatable bonds is 3. The summed E-state index contributed by atoms with van der Waals surface area (Å²) in [6, 6.07) is 5.48. The molecule has 130 valence electrons. The molecule has 3 rings (SSSR count). The van der Waals surface area contributed by atoms with Gasteiger partial charge in [0.1, 0.15) is 16.7 Å². The Kier molecular flexibility index (Phi) is 4.44. The normalized spacial score (nSPS) is 11.6. The summed E-state index contributed by atoms with van der Waals surface area (Å²) >= 11 is 11.5. The lowest BCUT2D eigenvalue weighted by Gasteiger charge is -2.07. The first kappa shape index (κ1) is 17.3. The summed E-state index contributed by atoms with van der Waals surface area (Å²) in [5.74, 6) is -0.405. The zero-order chi connectivity index (χ0) is 18.2. The van der Waals surface area contributed by atoms with Crippen LogP contribution in [0.15, 0.2) is 36.7 Å². The minimum atomic E-state index is -4.57. The van der Waals surface area contributed by atoms with E-state index in [1.54, 1.807) is 18.2 Å². The van der Waals surface area contributed by atoms with Crippen LogP contribution < -0.4 is 10.9 Å². The van der Waals surface area contributed by atoms with Gasteiger partial charge in [0, 0.05) is 12.4 Å². The summed E-state index contributed by atoms with van der Waals surface area (Å²) in [7, 11) is 0. The third-order valence-electron chi connectivity index (χ3n) is 3.09. The lowest BCUT2D eigenvalue weighted by atomic mass is 10.3. The number of anilines is 1. The quantitative estimate of drug-likeness (QED) is 0.527. The molecular formula is C14H8Cl2F3N5O. The van der Waals surface area contributed by atoms with Crippen molar-refractivity contribution in [2.45, 2.75) is 6.18 Å². The fourth-order valence-corrected chi connectivity index (χ4v) is 2.41. The number of hydrogen-bond donors (Lipinski definition) is 2. The number of aromatic nitrogens is 3. The summed E-state index contributed by atoms with van der Waals surface area (Å²) in [4.78, 5) is 19.9. The molecule has 0 radical (unpaired) electrons. The number of nitrogens with one attached hydrogen (secondary N) is 2. The first-order valence-electron chi connectivity index (χ1n) is 6.68. The Labute approximate surface area is 148 Å². The predicted octanol–water partition coefficient (Wildman–Crippen LogP) is 3.81. The van der Waals surface area contributed by atoms with Gasteiger partial charge in [-0.05, 0) is 18.2 Å². The molecule has 2 N–H and O–H groups in total. The molecule has 0 atom stereocenters. The van der Waals surface area contributed by atoms with Crippen molar-refractivity contribution in [1.82, 2.24) is 19.8 Å². The van der Waals surface area contributed by atoms with Crippen LogP contribution >= 0.6 is 23.2 Å². The highest BCUT2D eigenvalue weighted by atomic mass is 35.5. The summed E-state index contributed by atoms with van der Waals surface area (Å²) in [5, 5.41) is -0.00298. The predicted molar refractivity (Wildman–Crippen MR) is 85.5 cm³/mol. The maximum absolute atomic E-state index is 12.8. The van der Waals surface area contributed by atoms with Gasteiger partial charge >= 0.3 is 6.18 Å². The Morgan fingerprint density at radius 3 is 2.60 bits per heavy atom. The second-order valence-corrected chi connectivity index (χ2v) is 5.65. The van der Waals surface area contributed by atoms with Crippen LogP contribution in [0.25, 0.3) is 5.65 Å².